The quantitative estimate of drug-likeness (QED) is 0.636. The predicted molar refractivity (Wildman–Crippen MR) is 121 cm³/mol. The van der Waals surface area contributed by atoms with Crippen molar-refractivity contribution in [2.24, 2.45) is 5.92 Å². The Labute approximate surface area is 187 Å². The third kappa shape index (κ3) is 4.48. The van der Waals surface area contributed by atoms with E-state index in [4.69, 9.17) is 11.6 Å². The summed E-state index contributed by atoms with van der Waals surface area (Å²) in [5, 5.41) is 16.2. The number of hydrogen-bond donors (Lipinski definition) is 3. The van der Waals surface area contributed by atoms with Crippen LogP contribution >= 0.6 is 24.0 Å². The van der Waals surface area contributed by atoms with Gasteiger partial charge in [0.25, 0.3) is 0 Å². The van der Waals surface area contributed by atoms with E-state index in [0.29, 0.717) is 23.6 Å². The first-order valence-corrected chi connectivity index (χ1v) is 10.5. The molecule has 0 saturated carbocycles. The van der Waals surface area contributed by atoms with Gasteiger partial charge in [0.2, 0.25) is 5.91 Å². The lowest BCUT2D eigenvalue weighted by molar-refractivity contribution is -0.116. The van der Waals surface area contributed by atoms with Gasteiger partial charge in [-0.25, -0.2) is 0 Å². The summed E-state index contributed by atoms with van der Waals surface area (Å²) in [6.07, 6.45) is 3.39. The van der Waals surface area contributed by atoms with Crippen LogP contribution in [0.3, 0.4) is 0 Å². The van der Waals surface area contributed by atoms with Crippen LogP contribution in [0.4, 0.5) is 5.69 Å². The summed E-state index contributed by atoms with van der Waals surface area (Å²) < 4.78 is 0. The average Bonchev–Trinajstić information content (AvgIpc) is 2.70. The molecule has 2 atom stereocenters. The van der Waals surface area contributed by atoms with E-state index in [1.807, 2.05) is 18.2 Å². The number of Topliss-reactive ketones (excluding diaryl/α,β-unsaturated/α-hetero) is 1. The summed E-state index contributed by atoms with van der Waals surface area (Å²) in [7, 11) is 0. The molecule has 7 heteroatoms. The average molecular weight is 449 g/mol. The van der Waals surface area contributed by atoms with Gasteiger partial charge in [0.15, 0.2) is 5.78 Å². The highest BCUT2D eigenvalue weighted by molar-refractivity contribution is 6.34. The molecule has 160 valence electrons. The lowest BCUT2D eigenvalue weighted by Gasteiger charge is -2.32. The highest BCUT2D eigenvalue weighted by Crippen LogP contribution is 2.40. The highest BCUT2D eigenvalue weighted by Gasteiger charge is 2.35. The second kappa shape index (κ2) is 9.38. The molecule has 4 rings (SSSR count). The van der Waals surface area contributed by atoms with Crippen molar-refractivity contribution in [3.05, 3.63) is 57.6 Å². The molecular formula is C23H26Cl2N2O3. The molecule has 0 radical (unpaired) electrons. The van der Waals surface area contributed by atoms with E-state index in [2.05, 4.69) is 17.6 Å². The minimum atomic E-state index is -0.0924. The van der Waals surface area contributed by atoms with Gasteiger partial charge in [0.05, 0.1) is 10.7 Å². The van der Waals surface area contributed by atoms with Gasteiger partial charge in [-0.2, -0.15) is 0 Å². The molecule has 1 aliphatic carbocycles. The Balaban J connectivity index is 0.00000256. The number of benzene rings is 2. The highest BCUT2D eigenvalue weighted by atomic mass is 35.5. The fourth-order valence-corrected chi connectivity index (χ4v) is 4.74. The van der Waals surface area contributed by atoms with Crippen LogP contribution in [0.1, 0.15) is 46.8 Å². The van der Waals surface area contributed by atoms with Crippen molar-refractivity contribution < 1.29 is 14.7 Å². The van der Waals surface area contributed by atoms with Crippen LogP contribution in [0.15, 0.2) is 30.3 Å². The lowest BCUT2D eigenvalue weighted by Crippen LogP contribution is -2.41. The van der Waals surface area contributed by atoms with E-state index in [9.17, 15) is 14.7 Å². The summed E-state index contributed by atoms with van der Waals surface area (Å²) in [4.78, 5) is 25.1. The zero-order chi connectivity index (χ0) is 20.5. The number of anilines is 1. The third-order valence-corrected chi connectivity index (χ3v) is 6.36. The molecule has 2 aliphatic rings. The van der Waals surface area contributed by atoms with Gasteiger partial charge >= 0.3 is 0 Å². The minimum Gasteiger partial charge on any atom is -0.508 e. The van der Waals surface area contributed by atoms with Crippen LogP contribution in [0.5, 0.6) is 5.75 Å². The molecule has 2 aromatic carbocycles. The van der Waals surface area contributed by atoms with Gasteiger partial charge in [-0.15, -0.1) is 12.4 Å². The number of hydrogen-bond acceptors (Lipinski definition) is 4. The molecule has 2 unspecified atom stereocenters. The minimum absolute atomic E-state index is 0. The SMILES string of the molecule is CC(NCCc1ccc(O)cc1)C1CCc2cc(Cl)c3c(c2C1=O)CCC(=O)N3.Cl. The normalized spacial score (nSPS) is 18.7. The van der Waals surface area contributed by atoms with E-state index < -0.39 is 0 Å². The molecule has 0 spiro atoms. The molecule has 3 N–H and O–H groups in total. The van der Waals surface area contributed by atoms with Crippen LogP contribution in [-0.2, 0) is 24.1 Å². The number of ketones is 1. The topological polar surface area (TPSA) is 78.4 Å². The summed E-state index contributed by atoms with van der Waals surface area (Å²) in [6, 6.07) is 9.10. The number of aryl methyl sites for hydroxylation is 1. The molecule has 2 aromatic rings. The van der Waals surface area contributed by atoms with Crippen molar-refractivity contribution >= 4 is 41.4 Å². The van der Waals surface area contributed by atoms with Crippen LogP contribution in [0.2, 0.25) is 5.02 Å². The number of phenols is 1. The Morgan fingerprint density at radius 1 is 1.20 bits per heavy atom. The Bertz CT molecular complexity index is 960. The number of amides is 1. The Kier molecular flexibility index (Phi) is 7.06. The van der Waals surface area contributed by atoms with Gasteiger partial charge in [-0.05, 0) is 74.0 Å². The molecule has 0 aromatic heterocycles. The number of fused-ring (bicyclic) bond motifs is 3. The van der Waals surface area contributed by atoms with Crippen molar-refractivity contribution in [3.8, 4) is 5.75 Å². The van der Waals surface area contributed by atoms with E-state index in [1.165, 1.54) is 0 Å². The van der Waals surface area contributed by atoms with E-state index in [-0.39, 0.29) is 41.8 Å². The number of halogens is 2. The monoisotopic (exact) mass is 448 g/mol. The maximum Gasteiger partial charge on any atom is 0.224 e. The van der Waals surface area contributed by atoms with Crippen LogP contribution < -0.4 is 10.6 Å². The predicted octanol–water partition coefficient (Wildman–Crippen LogP) is 4.32. The molecule has 5 nitrogen and oxygen atoms in total. The third-order valence-electron chi connectivity index (χ3n) is 6.06. The maximum atomic E-state index is 13.4. The van der Waals surface area contributed by atoms with Gasteiger partial charge < -0.3 is 15.7 Å². The number of phenolic OH excluding ortho intramolecular Hbond substituents is 1. The van der Waals surface area contributed by atoms with Crippen molar-refractivity contribution in [2.45, 2.75) is 45.1 Å². The standard InChI is InChI=1S/C23H25ClN2O3.ClH/c1-13(25-11-10-14-2-5-16(27)6-3-14)17-7-4-15-12-19(24)22-18(21(15)23(17)29)8-9-20(28)26-22;/h2-3,5-6,12-13,17,25,27H,4,7-11H2,1H3,(H,26,28);1H. The van der Waals surface area contributed by atoms with E-state index >= 15 is 0 Å². The van der Waals surface area contributed by atoms with Crippen molar-refractivity contribution in [1.29, 1.82) is 0 Å². The number of carbonyl (C=O) groups excluding carboxylic acids is 2. The molecule has 1 amide bonds. The smallest absolute Gasteiger partial charge is 0.224 e. The zero-order valence-electron chi connectivity index (χ0n) is 16.8. The van der Waals surface area contributed by atoms with E-state index in [0.717, 1.165) is 48.1 Å². The Hall–Kier alpha value is -2.08. The molecule has 30 heavy (non-hydrogen) atoms. The first-order valence-electron chi connectivity index (χ1n) is 10.1. The van der Waals surface area contributed by atoms with Gasteiger partial charge in [0.1, 0.15) is 5.75 Å². The Morgan fingerprint density at radius 3 is 2.67 bits per heavy atom. The fraction of sp³-hybridized carbons (Fsp3) is 0.391. The molecule has 1 heterocycles. The number of aromatic hydroxyl groups is 1. The van der Waals surface area contributed by atoms with Gasteiger partial charge in [0, 0.05) is 23.9 Å². The zero-order valence-corrected chi connectivity index (χ0v) is 18.4. The first kappa shape index (κ1) is 22.6. The van der Waals surface area contributed by atoms with E-state index in [1.54, 1.807) is 12.1 Å². The fourth-order valence-electron chi connectivity index (χ4n) is 4.44. The summed E-state index contributed by atoms with van der Waals surface area (Å²) in [5.74, 6) is 0.273. The van der Waals surface area contributed by atoms with Crippen LogP contribution in [-0.4, -0.2) is 29.4 Å². The number of rotatable bonds is 5. The molecule has 0 saturated heterocycles. The number of carbonyl (C=O) groups is 2. The van der Waals surface area contributed by atoms with Crippen LogP contribution in [0.25, 0.3) is 0 Å². The van der Waals surface area contributed by atoms with Crippen molar-refractivity contribution in [1.82, 2.24) is 5.32 Å². The molecule has 0 bridgehead atoms. The van der Waals surface area contributed by atoms with Crippen molar-refractivity contribution in [3.63, 3.8) is 0 Å². The first-order chi connectivity index (χ1) is 13.9. The number of nitrogens with one attached hydrogen (secondary N) is 2. The second-order valence-corrected chi connectivity index (χ2v) is 8.37. The molecule has 0 fully saturated rings. The van der Waals surface area contributed by atoms with Gasteiger partial charge in [-0.1, -0.05) is 23.7 Å². The largest absolute Gasteiger partial charge is 0.508 e. The summed E-state index contributed by atoms with van der Waals surface area (Å²) in [5.41, 5.74) is 4.43. The molecule has 1 aliphatic heterocycles. The van der Waals surface area contributed by atoms with Crippen molar-refractivity contribution in [2.75, 3.05) is 11.9 Å². The maximum absolute atomic E-state index is 13.4. The lowest BCUT2D eigenvalue weighted by atomic mass is 9.76. The van der Waals surface area contributed by atoms with Gasteiger partial charge in [-0.3, -0.25) is 9.59 Å². The van der Waals surface area contributed by atoms with Crippen LogP contribution in [0, 0.1) is 5.92 Å². The summed E-state index contributed by atoms with van der Waals surface area (Å²) >= 11 is 6.37. The molecular weight excluding hydrogens is 423 g/mol. The second-order valence-electron chi connectivity index (χ2n) is 7.96. The Morgan fingerprint density at radius 2 is 1.93 bits per heavy atom. The summed E-state index contributed by atoms with van der Waals surface area (Å²) in [6.45, 7) is 2.83.